The van der Waals surface area contributed by atoms with Crippen LogP contribution in [0.5, 0.6) is 0 Å². The maximum Gasteiger partial charge on any atom is 0.251 e. The first-order valence-corrected chi connectivity index (χ1v) is 10.9. The van der Waals surface area contributed by atoms with E-state index >= 15 is 0 Å². The molecule has 3 N–H and O–H groups in total. The second kappa shape index (κ2) is 7.82. The van der Waals surface area contributed by atoms with Gasteiger partial charge in [-0.3, -0.25) is 9.59 Å². The molecule has 1 aromatic carbocycles. The van der Waals surface area contributed by atoms with Crippen molar-refractivity contribution in [1.29, 1.82) is 0 Å². The molecule has 4 saturated carbocycles. The lowest BCUT2D eigenvalue weighted by Gasteiger charge is -2.55. The number of hydrogen-bond acceptors (Lipinski definition) is 3. The van der Waals surface area contributed by atoms with Gasteiger partial charge in [-0.25, -0.2) is 0 Å². The molecule has 0 radical (unpaired) electrons. The molecule has 1 aromatic rings. The Hall–Kier alpha value is -1.95. The SMILES string of the molecule is CCCNC(=O)c1ccc(NC(=S)NC(=O)C23CC4CC(CC(C4)C2)C3)cc1. The largest absolute Gasteiger partial charge is 0.352 e. The van der Waals surface area contributed by atoms with Crippen LogP contribution in [0.2, 0.25) is 0 Å². The van der Waals surface area contributed by atoms with E-state index in [0.29, 0.717) is 17.2 Å². The van der Waals surface area contributed by atoms with Gasteiger partial charge in [0.25, 0.3) is 5.91 Å². The van der Waals surface area contributed by atoms with Crippen molar-refractivity contribution in [2.75, 3.05) is 11.9 Å². The standard InChI is InChI=1S/C22H29N3O2S/c1-2-7-23-19(26)17-3-5-18(6-4-17)24-21(28)25-20(27)22-11-14-8-15(12-22)10-16(9-14)13-22/h3-6,14-16H,2,7-13H2,1H3,(H,23,26)(H2,24,25,27,28). The van der Waals surface area contributed by atoms with Crippen LogP contribution < -0.4 is 16.0 Å². The van der Waals surface area contributed by atoms with Gasteiger partial charge >= 0.3 is 0 Å². The summed E-state index contributed by atoms with van der Waals surface area (Å²) in [5, 5.41) is 9.23. The van der Waals surface area contributed by atoms with Crippen molar-refractivity contribution in [1.82, 2.24) is 10.6 Å². The van der Waals surface area contributed by atoms with Gasteiger partial charge in [0.2, 0.25) is 5.91 Å². The van der Waals surface area contributed by atoms with Crippen molar-refractivity contribution in [3.05, 3.63) is 29.8 Å². The highest BCUT2D eigenvalue weighted by Crippen LogP contribution is 2.60. The van der Waals surface area contributed by atoms with Crippen molar-refractivity contribution < 1.29 is 9.59 Å². The van der Waals surface area contributed by atoms with Crippen LogP contribution in [-0.4, -0.2) is 23.5 Å². The van der Waals surface area contributed by atoms with Crippen molar-refractivity contribution in [3.63, 3.8) is 0 Å². The predicted octanol–water partition coefficient (Wildman–Crippen LogP) is 3.86. The summed E-state index contributed by atoms with van der Waals surface area (Å²) in [5.41, 5.74) is 1.17. The molecule has 0 atom stereocenters. The average molecular weight is 400 g/mol. The molecule has 4 aliphatic rings. The number of amides is 2. The third-order valence-electron chi connectivity index (χ3n) is 6.69. The maximum absolute atomic E-state index is 13.0. The molecule has 28 heavy (non-hydrogen) atoms. The van der Waals surface area contributed by atoms with E-state index in [-0.39, 0.29) is 17.2 Å². The topological polar surface area (TPSA) is 70.2 Å². The van der Waals surface area contributed by atoms with Gasteiger partial charge in [0, 0.05) is 17.8 Å². The number of carbonyl (C=O) groups excluding carboxylic acids is 2. The Morgan fingerprint density at radius 1 is 1.04 bits per heavy atom. The van der Waals surface area contributed by atoms with Crippen molar-refractivity contribution in [3.8, 4) is 0 Å². The van der Waals surface area contributed by atoms with Crippen LogP contribution in [-0.2, 0) is 4.79 Å². The maximum atomic E-state index is 13.0. The number of nitrogens with one attached hydrogen (secondary N) is 3. The summed E-state index contributed by atoms with van der Waals surface area (Å²) in [4.78, 5) is 25.0. The van der Waals surface area contributed by atoms with Crippen LogP contribution >= 0.6 is 12.2 Å². The smallest absolute Gasteiger partial charge is 0.251 e. The molecular formula is C22H29N3O2S. The van der Waals surface area contributed by atoms with Gasteiger partial charge < -0.3 is 16.0 Å². The fourth-order valence-electron chi connectivity index (χ4n) is 5.83. The first-order chi connectivity index (χ1) is 13.5. The average Bonchev–Trinajstić information content (AvgIpc) is 2.65. The zero-order valence-electron chi connectivity index (χ0n) is 16.4. The van der Waals surface area contributed by atoms with Gasteiger partial charge in [-0.15, -0.1) is 0 Å². The Kier molecular flexibility index (Phi) is 5.41. The summed E-state index contributed by atoms with van der Waals surface area (Å²) in [6.07, 6.45) is 7.91. The van der Waals surface area contributed by atoms with E-state index in [0.717, 1.165) is 49.1 Å². The van der Waals surface area contributed by atoms with Gasteiger partial charge in [0.1, 0.15) is 0 Å². The molecule has 0 aliphatic heterocycles. The normalized spacial score (nSPS) is 30.0. The first-order valence-electron chi connectivity index (χ1n) is 10.5. The summed E-state index contributed by atoms with van der Waals surface area (Å²) < 4.78 is 0. The number of carbonyl (C=O) groups is 2. The van der Waals surface area contributed by atoms with E-state index in [2.05, 4.69) is 16.0 Å². The van der Waals surface area contributed by atoms with Crippen LogP contribution in [0.4, 0.5) is 5.69 Å². The van der Waals surface area contributed by atoms with Gasteiger partial charge in [0.05, 0.1) is 5.41 Å². The van der Waals surface area contributed by atoms with Crippen LogP contribution in [0, 0.1) is 23.2 Å². The minimum atomic E-state index is -0.207. The molecule has 4 bridgehead atoms. The monoisotopic (exact) mass is 399 g/mol. The summed E-state index contributed by atoms with van der Waals surface area (Å²) >= 11 is 5.39. The summed E-state index contributed by atoms with van der Waals surface area (Å²) in [5.74, 6) is 2.20. The third kappa shape index (κ3) is 3.93. The van der Waals surface area contributed by atoms with E-state index in [1.807, 2.05) is 19.1 Å². The van der Waals surface area contributed by atoms with Crippen molar-refractivity contribution in [2.45, 2.75) is 51.9 Å². The lowest BCUT2D eigenvalue weighted by Crippen LogP contribution is -2.55. The summed E-state index contributed by atoms with van der Waals surface area (Å²) in [6.45, 7) is 2.69. The predicted molar refractivity (Wildman–Crippen MR) is 114 cm³/mol. The molecule has 6 heteroatoms. The molecule has 2 amide bonds. The van der Waals surface area contributed by atoms with E-state index in [4.69, 9.17) is 12.2 Å². The molecule has 150 valence electrons. The molecule has 4 fully saturated rings. The van der Waals surface area contributed by atoms with Gasteiger partial charge in [-0.1, -0.05) is 6.92 Å². The number of hydrogen-bond donors (Lipinski definition) is 3. The Morgan fingerprint density at radius 2 is 1.61 bits per heavy atom. The first kappa shape index (κ1) is 19.4. The molecule has 0 unspecified atom stereocenters. The number of thiocarbonyl (C=S) groups is 1. The van der Waals surface area contributed by atoms with Crippen molar-refractivity contribution in [2.24, 2.45) is 23.2 Å². The van der Waals surface area contributed by atoms with Crippen LogP contribution in [0.15, 0.2) is 24.3 Å². The second-order valence-electron chi connectivity index (χ2n) is 8.94. The third-order valence-corrected chi connectivity index (χ3v) is 6.89. The molecule has 5 nitrogen and oxygen atoms in total. The zero-order chi connectivity index (χ0) is 19.7. The van der Waals surface area contributed by atoms with Crippen LogP contribution in [0.1, 0.15) is 62.2 Å². The molecule has 0 heterocycles. The van der Waals surface area contributed by atoms with E-state index in [1.165, 1.54) is 19.3 Å². The van der Waals surface area contributed by atoms with Crippen molar-refractivity contribution >= 4 is 34.8 Å². The minimum absolute atomic E-state index is 0.0777. The summed E-state index contributed by atoms with van der Waals surface area (Å²) in [6, 6.07) is 7.14. The highest BCUT2D eigenvalue weighted by atomic mass is 32.1. The highest BCUT2D eigenvalue weighted by molar-refractivity contribution is 7.80. The van der Waals surface area contributed by atoms with Gasteiger partial charge in [0.15, 0.2) is 5.11 Å². The molecular weight excluding hydrogens is 370 g/mol. The highest BCUT2D eigenvalue weighted by Gasteiger charge is 2.54. The van der Waals surface area contributed by atoms with E-state index in [9.17, 15) is 9.59 Å². The van der Waals surface area contributed by atoms with Crippen LogP contribution in [0.3, 0.4) is 0 Å². The fraction of sp³-hybridized carbons (Fsp3) is 0.591. The lowest BCUT2D eigenvalue weighted by atomic mass is 9.49. The zero-order valence-corrected chi connectivity index (χ0v) is 17.2. The quantitative estimate of drug-likeness (QED) is 0.658. The lowest BCUT2D eigenvalue weighted by molar-refractivity contribution is -0.144. The Bertz CT molecular complexity index is 739. The summed E-state index contributed by atoms with van der Waals surface area (Å²) in [7, 11) is 0. The minimum Gasteiger partial charge on any atom is -0.352 e. The van der Waals surface area contributed by atoms with Crippen LogP contribution in [0.25, 0.3) is 0 Å². The number of anilines is 1. The molecule has 0 spiro atoms. The van der Waals surface area contributed by atoms with E-state index < -0.39 is 0 Å². The molecule has 0 aromatic heterocycles. The Labute approximate surface area is 172 Å². The molecule has 0 saturated heterocycles. The fourth-order valence-corrected chi connectivity index (χ4v) is 6.04. The molecule has 5 rings (SSSR count). The van der Waals surface area contributed by atoms with E-state index in [1.54, 1.807) is 12.1 Å². The number of rotatable bonds is 5. The van der Waals surface area contributed by atoms with Gasteiger partial charge in [-0.2, -0.15) is 0 Å². The second-order valence-corrected chi connectivity index (χ2v) is 9.35. The number of benzene rings is 1. The Balaban J connectivity index is 1.33. The van der Waals surface area contributed by atoms with Gasteiger partial charge in [-0.05, 0) is 99.2 Å². The Morgan fingerprint density at radius 3 is 2.14 bits per heavy atom. The molecule has 4 aliphatic carbocycles.